The number of aromatic hydroxyl groups is 1. The van der Waals surface area contributed by atoms with Crippen molar-refractivity contribution in [3.63, 3.8) is 0 Å². The highest BCUT2D eigenvalue weighted by Gasteiger charge is 2.16. The highest BCUT2D eigenvalue weighted by Crippen LogP contribution is 2.28. The van der Waals surface area contributed by atoms with E-state index in [0.29, 0.717) is 6.54 Å². The SMILES string of the molecule is Oc1ccccc1CNc1c(-c2ccccc2)nnn1-c1ccccc1. The number of phenolic OH excluding ortho intramolecular Hbond substituents is 1. The van der Waals surface area contributed by atoms with E-state index < -0.39 is 0 Å². The van der Waals surface area contributed by atoms with Crippen LogP contribution >= 0.6 is 0 Å². The summed E-state index contributed by atoms with van der Waals surface area (Å²) in [6.07, 6.45) is 0. The molecule has 0 saturated carbocycles. The molecule has 5 heteroatoms. The molecule has 0 aliphatic rings. The third-order valence-electron chi connectivity index (χ3n) is 4.16. The zero-order chi connectivity index (χ0) is 17.8. The molecule has 0 atom stereocenters. The number of nitrogens with zero attached hydrogens (tertiary/aromatic N) is 3. The second-order valence-electron chi connectivity index (χ2n) is 5.88. The van der Waals surface area contributed by atoms with Gasteiger partial charge < -0.3 is 10.4 Å². The fourth-order valence-electron chi connectivity index (χ4n) is 2.82. The molecule has 0 fully saturated rings. The van der Waals surface area contributed by atoms with Gasteiger partial charge in [-0.1, -0.05) is 71.9 Å². The van der Waals surface area contributed by atoms with Crippen molar-refractivity contribution in [3.05, 3.63) is 90.5 Å². The normalized spacial score (nSPS) is 10.6. The monoisotopic (exact) mass is 342 g/mol. The summed E-state index contributed by atoms with van der Waals surface area (Å²) in [5.74, 6) is 1.05. The molecule has 4 rings (SSSR count). The number of aromatic nitrogens is 3. The molecule has 128 valence electrons. The van der Waals surface area contributed by atoms with Crippen LogP contribution in [0.5, 0.6) is 5.75 Å². The molecule has 0 aliphatic carbocycles. The van der Waals surface area contributed by atoms with E-state index in [0.717, 1.165) is 28.3 Å². The van der Waals surface area contributed by atoms with Crippen molar-refractivity contribution in [2.24, 2.45) is 0 Å². The van der Waals surface area contributed by atoms with E-state index in [2.05, 4.69) is 15.6 Å². The van der Waals surface area contributed by atoms with Crippen LogP contribution in [0.25, 0.3) is 16.9 Å². The zero-order valence-electron chi connectivity index (χ0n) is 14.1. The fourth-order valence-corrected chi connectivity index (χ4v) is 2.82. The predicted octanol–water partition coefficient (Wildman–Crippen LogP) is 4.25. The molecule has 0 unspecified atom stereocenters. The second kappa shape index (κ2) is 7.11. The predicted molar refractivity (Wildman–Crippen MR) is 102 cm³/mol. The third-order valence-corrected chi connectivity index (χ3v) is 4.16. The Morgan fingerprint density at radius 3 is 2.19 bits per heavy atom. The molecular formula is C21H18N4O. The third kappa shape index (κ3) is 3.15. The average molecular weight is 342 g/mol. The largest absolute Gasteiger partial charge is 0.508 e. The van der Waals surface area contributed by atoms with Gasteiger partial charge in [0.2, 0.25) is 0 Å². The van der Waals surface area contributed by atoms with Crippen molar-refractivity contribution in [3.8, 4) is 22.7 Å². The lowest BCUT2D eigenvalue weighted by Gasteiger charge is -2.12. The van der Waals surface area contributed by atoms with E-state index in [1.165, 1.54) is 0 Å². The number of hydrogen-bond acceptors (Lipinski definition) is 4. The number of para-hydroxylation sites is 2. The Hall–Kier alpha value is -3.60. The van der Waals surface area contributed by atoms with Gasteiger partial charge in [-0.05, 0) is 18.2 Å². The molecule has 0 spiro atoms. The van der Waals surface area contributed by atoms with Crippen molar-refractivity contribution in [1.29, 1.82) is 0 Å². The maximum Gasteiger partial charge on any atom is 0.158 e. The molecule has 0 amide bonds. The summed E-state index contributed by atoms with van der Waals surface area (Å²) >= 11 is 0. The molecule has 0 aliphatic heterocycles. The second-order valence-corrected chi connectivity index (χ2v) is 5.88. The summed E-state index contributed by atoms with van der Waals surface area (Å²) in [5.41, 5.74) is 3.48. The molecular weight excluding hydrogens is 324 g/mol. The van der Waals surface area contributed by atoms with Crippen molar-refractivity contribution in [2.75, 3.05) is 5.32 Å². The molecule has 2 N–H and O–H groups in total. The van der Waals surface area contributed by atoms with Crippen LogP contribution in [0.15, 0.2) is 84.9 Å². The Morgan fingerprint density at radius 1 is 0.808 bits per heavy atom. The number of benzene rings is 3. The van der Waals surface area contributed by atoms with Gasteiger partial charge in [-0.3, -0.25) is 0 Å². The summed E-state index contributed by atoms with van der Waals surface area (Å²) < 4.78 is 1.78. The highest BCUT2D eigenvalue weighted by molar-refractivity contribution is 5.72. The minimum Gasteiger partial charge on any atom is -0.508 e. The summed E-state index contributed by atoms with van der Waals surface area (Å²) in [4.78, 5) is 0. The van der Waals surface area contributed by atoms with Gasteiger partial charge in [-0.25, -0.2) is 0 Å². The van der Waals surface area contributed by atoms with Gasteiger partial charge in [0.25, 0.3) is 0 Å². The quantitative estimate of drug-likeness (QED) is 0.569. The van der Waals surface area contributed by atoms with Gasteiger partial charge in [0.1, 0.15) is 11.4 Å². The van der Waals surface area contributed by atoms with Gasteiger partial charge in [-0.15, -0.1) is 5.10 Å². The Balaban J connectivity index is 1.75. The van der Waals surface area contributed by atoms with Crippen molar-refractivity contribution < 1.29 is 5.11 Å². The van der Waals surface area contributed by atoms with E-state index in [-0.39, 0.29) is 5.75 Å². The van der Waals surface area contributed by atoms with Crippen LogP contribution in [0.3, 0.4) is 0 Å². The summed E-state index contributed by atoms with van der Waals surface area (Å²) in [6, 6.07) is 27.1. The topological polar surface area (TPSA) is 63.0 Å². The summed E-state index contributed by atoms with van der Waals surface area (Å²) in [7, 11) is 0. The molecule has 1 heterocycles. The summed E-state index contributed by atoms with van der Waals surface area (Å²) in [6.45, 7) is 0.465. The van der Waals surface area contributed by atoms with Crippen LogP contribution in [0.1, 0.15) is 5.56 Å². The molecule has 0 saturated heterocycles. The van der Waals surface area contributed by atoms with Crippen LogP contribution in [-0.4, -0.2) is 20.1 Å². The van der Waals surface area contributed by atoms with Crippen molar-refractivity contribution >= 4 is 5.82 Å². The summed E-state index contributed by atoms with van der Waals surface area (Å²) in [5, 5.41) is 22.2. The first kappa shape index (κ1) is 15.9. The van der Waals surface area contributed by atoms with Crippen molar-refractivity contribution in [1.82, 2.24) is 15.0 Å². The standard InChI is InChI=1S/C21H18N4O/c26-19-14-8-7-11-17(19)15-22-21-20(16-9-3-1-4-10-16)23-24-25(21)18-12-5-2-6-13-18/h1-14,22,26H,15H2. The van der Waals surface area contributed by atoms with E-state index in [4.69, 9.17) is 0 Å². The Bertz CT molecular complexity index is 940. The first-order chi connectivity index (χ1) is 12.8. The molecule has 3 aromatic carbocycles. The first-order valence-electron chi connectivity index (χ1n) is 8.40. The van der Waals surface area contributed by atoms with Gasteiger partial charge in [0, 0.05) is 17.7 Å². The number of nitrogens with one attached hydrogen (secondary N) is 1. The molecule has 26 heavy (non-hydrogen) atoms. The average Bonchev–Trinajstić information content (AvgIpc) is 3.12. The zero-order valence-corrected chi connectivity index (χ0v) is 14.1. The number of phenols is 1. The lowest BCUT2D eigenvalue weighted by atomic mass is 10.1. The number of rotatable bonds is 5. The van der Waals surface area contributed by atoms with Gasteiger partial charge >= 0.3 is 0 Å². The minimum atomic E-state index is 0.264. The van der Waals surface area contributed by atoms with Crippen LogP contribution < -0.4 is 5.32 Å². The maximum absolute atomic E-state index is 10.0. The van der Waals surface area contributed by atoms with Gasteiger partial charge in [0.15, 0.2) is 5.82 Å². The molecule has 5 nitrogen and oxygen atoms in total. The Kier molecular flexibility index (Phi) is 4.35. The fraction of sp³-hybridized carbons (Fsp3) is 0.0476. The minimum absolute atomic E-state index is 0.264. The lowest BCUT2D eigenvalue weighted by molar-refractivity contribution is 0.469. The molecule has 0 bridgehead atoms. The highest BCUT2D eigenvalue weighted by atomic mass is 16.3. The molecule has 1 aromatic heterocycles. The number of anilines is 1. The smallest absolute Gasteiger partial charge is 0.158 e. The maximum atomic E-state index is 10.0. The molecule has 4 aromatic rings. The molecule has 0 radical (unpaired) electrons. The van der Waals surface area contributed by atoms with Crippen LogP contribution in [0, 0.1) is 0 Å². The van der Waals surface area contributed by atoms with Crippen LogP contribution in [0.2, 0.25) is 0 Å². The first-order valence-corrected chi connectivity index (χ1v) is 8.40. The van der Waals surface area contributed by atoms with Gasteiger partial charge in [0.05, 0.1) is 5.69 Å². The van der Waals surface area contributed by atoms with E-state index >= 15 is 0 Å². The van der Waals surface area contributed by atoms with E-state index in [1.807, 2.05) is 78.9 Å². The van der Waals surface area contributed by atoms with Crippen LogP contribution in [-0.2, 0) is 6.54 Å². The van der Waals surface area contributed by atoms with Gasteiger partial charge in [-0.2, -0.15) is 4.68 Å². The Morgan fingerprint density at radius 2 is 1.46 bits per heavy atom. The van der Waals surface area contributed by atoms with Crippen molar-refractivity contribution in [2.45, 2.75) is 6.54 Å². The van der Waals surface area contributed by atoms with Crippen LogP contribution in [0.4, 0.5) is 5.82 Å². The Labute approximate surface area is 151 Å². The lowest BCUT2D eigenvalue weighted by Crippen LogP contribution is -2.07. The van der Waals surface area contributed by atoms with E-state index in [9.17, 15) is 5.11 Å². The van der Waals surface area contributed by atoms with E-state index in [1.54, 1.807) is 10.7 Å². The number of hydrogen-bond donors (Lipinski definition) is 2.